The number of carbonyl (C=O) groups excluding carboxylic acids is 1. The fourth-order valence-electron chi connectivity index (χ4n) is 1.97. The molecule has 0 aromatic carbocycles. The largest absolute Gasteiger partial charge is 0.469 e. The van der Waals surface area contributed by atoms with Crippen molar-refractivity contribution in [1.82, 2.24) is 4.57 Å². The third kappa shape index (κ3) is 1.24. The van der Waals surface area contributed by atoms with E-state index in [4.69, 9.17) is 4.74 Å². The number of rotatable bonds is 1. The number of nitrogens with zero attached hydrogens (tertiary/aromatic N) is 1. The van der Waals surface area contributed by atoms with Crippen LogP contribution in [0.15, 0.2) is 12.3 Å². The van der Waals surface area contributed by atoms with Crippen LogP contribution < -0.4 is 0 Å². The Morgan fingerprint density at radius 1 is 1.69 bits per heavy atom. The Balaban J connectivity index is 2.32. The van der Waals surface area contributed by atoms with Crippen molar-refractivity contribution in [2.24, 2.45) is 0 Å². The first-order chi connectivity index (χ1) is 6.22. The summed E-state index contributed by atoms with van der Waals surface area (Å²) in [5, 5.41) is 0. The zero-order valence-electron chi connectivity index (χ0n) is 7.91. The number of hydrogen-bond acceptors (Lipinski definition) is 2. The SMILES string of the molecule is COC(=O)C1CCn2cc(C)cc21. The molecule has 2 heterocycles. The monoisotopic (exact) mass is 179 g/mol. The molecule has 0 bridgehead atoms. The van der Waals surface area contributed by atoms with Crippen molar-refractivity contribution in [3.63, 3.8) is 0 Å². The van der Waals surface area contributed by atoms with E-state index in [1.54, 1.807) is 0 Å². The summed E-state index contributed by atoms with van der Waals surface area (Å²) < 4.78 is 6.88. The maximum absolute atomic E-state index is 11.4. The first-order valence-corrected chi connectivity index (χ1v) is 4.47. The molecule has 1 unspecified atom stereocenters. The van der Waals surface area contributed by atoms with Crippen LogP contribution in [0.5, 0.6) is 0 Å². The van der Waals surface area contributed by atoms with Crippen molar-refractivity contribution in [1.29, 1.82) is 0 Å². The molecule has 1 aliphatic rings. The highest BCUT2D eigenvalue weighted by Crippen LogP contribution is 2.30. The van der Waals surface area contributed by atoms with Crippen LogP contribution in [0.1, 0.15) is 23.6 Å². The van der Waals surface area contributed by atoms with Gasteiger partial charge in [0.05, 0.1) is 13.0 Å². The second-order valence-electron chi connectivity index (χ2n) is 3.50. The van der Waals surface area contributed by atoms with Gasteiger partial charge in [-0.15, -0.1) is 0 Å². The highest BCUT2D eigenvalue weighted by Gasteiger charge is 2.29. The average Bonchev–Trinajstić information content (AvgIpc) is 2.61. The molecule has 0 amide bonds. The topological polar surface area (TPSA) is 31.2 Å². The summed E-state index contributed by atoms with van der Waals surface area (Å²) in [4.78, 5) is 11.4. The number of fused-ring (bicyclic) bond motifs is 1. The van der Waals surface area contributed by atoms with Gasteiger partial charge in [-0.05, 0) is 25.0 Å². The number of aromatic nitrogens is 1. The van der Waals surface area contributed by atoms with E-state index in [2.05, 4.69) is 16.8 Å². The molecule has 70 valence electrons. The Morgan fingerprint density at radius 3 is 3.15 bits per heavy atom. The van der Waals surface area contributed by atoms with E-state index in [9.17, 15) is 4.79 Å². The third-order valence-electron chi connectivity index (χ3n) is 2.57. The summed E-state index contributed by atoms with van der Waals surface area (Å²) >= 11 is 0. The molecule has 3 heteroatoms. The molecule has 0 aliphatic carbocycles. The van der Waals surface area contributed by atoms with Crippen LogP contribution in [0, 0.1) is 6.92 Å². The van der Waals surface area contributed by atoms with Gasteiger partial charge in [0.1, 0.15) is 0 Å². The van der Waals surface area contributed by atoms with Crippen molar-refractivity contribution in [2.75, 3.05) is 7.11 Å². The van der Waals surface area contributed by atoms with Crippen LogP contribution in [0.2, 0.25) is 0 Å². The van der Waals surface area contributed by atoms with Gasteiger partial charge >= 0.3 is 5.97 Å². The van der Waals surface area contributed by atoms with Gasteiger partial charge < -0.3 is 9.30 Å². The van der Waals surface area contributed by atoms with Crippen LogP contribution in [0.3, 0.4) is 0 Å². The van der Waals surface area contributed by atoms with Gasteiger partial charge in [-0.1, -0.05) is 0 Å². The minimum atomic E-state index is -0.114. The maximum Gasteiger partial charge on any atom is 0.314 e. The van der Waals surface area contributed by atoms with Crippen LogP contribution in [0.25, 0.3) is 0 Å². The molecule has 1 aliphatic heterocycles. The van der Waals surface area contributed by atoms with E-state index in [1.165, 1.54) is 12.7 Å². The molecular weight excluding hydrogens is 166 g/mol. The second kappa shape index (κ2) is 2.91. The molecule has 0 fully saturated rings. The summed E-state index contributed by atoms with van der Waals surface area (Å²) in [7, 11) is 1.45. The molecular formula is C10H13NO2. The molecule has 0 saturated heterocycles. The van der Waals surface area contributed by atoms with Crippen molar-refractivity contribution >= 4 is 5.97 Å². The Bertz CT molecular complexity index is 341. The van der Waals surface area contributed by atoms with E-state index in [-0.39, 0.29) is 11.9 Å². The molecule has 0 N–H and O–H groups in total. The van der Waals surface area contributed by atoms with Crippen molar-refractivity contribution < 1.29 is 9.53 Å². The smallest absolute Gasteiger partial charge is 0.314 e. The lowest BCUT2D eigenvalue weighted by Crippen LogP contribution is -2.11. The summed E-state index contributed by atoms with van der Waals surface area (Å²) in [6.45, 7) is 2.97. The first kappa shape index (κ1) is 8.35. The number of aryl methyl sites for hydroxylation is 2. The molecule has 3 nitrogen and oxygen atoms in total. The van der Waals surface area contributed by atoms with Crippen LogP contribution in [-0.2, 0) is 16.1 Å². The Hall–Kier alpha value is -1.25. The standard InChI is InChI=1S/C10H13NO2/c1-7-5-9-8(10(12)13-2)3-4-11(9)6-7/h5-6,8H,3-4H2,1-2H3. The van der Waals surface area contributed by atoms with E-state index >= 15 is 0 Å². The fraction of sp³-hybridized carbons (Fsp3) is 0.500. The number of esters is 1. The predicted molar refractivity (Wildman–Crippen MR) is 48.5 cm³/mol. The van der Waals surface area contributed by atoms with Gasteiger partial charge in [-0.2, -0.15) is 0 Å². The summed E-state index contributed by atoms with van der Waals surface area (Å²) in [6, 6.07) is 2.06. The molecule has 1 aromatic rings. The van der Waals surface area contributed by atoms with Crippen molar-refractivity contribution in [3.05, 3.63) is 23.5 Å². The molecule has 1 aromatic heterocycles. The molecule has 13 heavy (non-hydrogen) atoms. The number of ether oxygens (including phenoxy) is 1. The molecule has 0 radical (unpaired) electrons. The van der Waals surface area contributed by atoms with Crippen LogP contribution >= 0.6 is 0 Å². The summed E-state index contributed by atoms with van der Waals surface area (Å²) in [5.41, 5.74) is 2.31. The third-order valence-corrected chi connectivity index (χ3v) is 2.57. The van der Waals surface area contributed by atoms with E-state index in [0.717, 1.165) is 18.7 Å². The number of carbonyl (C=O) groups is 1. The van der Waals surface area contributed by atoms with Gasteiger partial charge in [0.2, 0.25) is 0 Å². The Kier molecular flexibility index (Phi) is 1.87. The molecule has 0 saturated carbocycles. The highest BCUT2D eigenvalue weighted by atomic mass is 16.5. The quantitative estimate of drug-likeness (QED) is 0.611. The normalized spacial score (nSPS) is 20.0. The van der Waals surface area contributed by atoms with Crippen molar-refractivity contribution in [3.8, 4) is 0 Å². The molecule has 0 spiro atoms. The first-order valence-electron chi connectivity index (χ1n) is 4.47. The zero-order valence-corrected chi connectivity index (χ0v) is 7.91. The van der Waals surface area contributed by atoms with E-state index < -0.39 is 0 Å². The lowest BCUT2D eigenvalue weighted by atomic mass is 10.1. The summed E-state index contributed by atoms with van der Waals surface area (Å²) in [5.74, 6) is -0.157. The Labute approximate surface area is 77.3 Å². The zero-order chi connectivity index (χ0) is 9.42. The van der Waals surface area contributed by atoms with Gasteiger partial charge in [0.15, 0.2) is 0 Å². The lowest BCUT2D eigenvalue weighted by Gasteiger charge is -2.05. The second-order valence-corrected chi connectivity index (χ2v) is 3.50. The molecule has 1 atom stereocenters. The van der Waals surface area contributed by atoms with Crippen LogP contribution in [-0.4, -0.2) is 17.6 Å². The van der Waals surface area contributed by atoms with Crippen LogP contribution in [0.4, 0.5) is 0 Å². The van der Waals surface area contributed by atoms with Gasteiger partial charge in [0, 0.05) is 18.4 Å². The minimum Gasteiger partial charge on any atom is -0.469 e. The average molecular weight is 179 g/mol. The lowest BCUT2D eigenvalue weighted by molar-refractivity contribution is -0.142. The Morgan fingerprint density at radius 2 is 2.46 bits per heavy atom. The molecule has 2 rings (SSSR count). The maximum atomic E-state index is 11.4. The van der Waals surface area contributed by atoms with Gasteiger partial charge in [-0.3, -0.25) is 4.79 Å². The highest BCUT2D eigenvalue weighted by molar-refractivity contribution is 5.78. The number of methoxy groups -OCH3 is 1. The van der Waals surface area contributed by atoms with Crippen molar-refractivity contribution in [2.45, 2.75) is 25.8 Å². The van der Waals surface area contributed by atoms with E-state index in [1.807, 2.05) is 6.92 Å². The fourth-order valence-corrected chi connectivity index (χ4v) is 1.97. The van der Waals surface area contributed by atoms with Gasteiger partial charge in [0.25, 0.3) is 0 Å². The minimum absolute atomic E-state index is 0.0429. The van der Waals surface area contributed by atoms with E-state index in [0.29, 0.717) is 0 Å². The predicted octanol–water partition coefficient (Wildman–Crippen LogP) is 1.46. The van der Waals surface area contributed by atoms with Gasteiger partial charge in [-0.25, -0.2) is 0 Å². The summed E-state index contributed by atoms with van der Waals surface area (Å²) in [6.07, 6.45) is 2.96. The number of hydrogen-bond donors (Lipinski definition) is 0.